The summed E-state index contributed by atoms with van der Waals surface area (Å²) in [6.45, 7) is 6.64. The number of benzene rings is 2. The lowest BCUT2D eigenvalue weighted by Crippen LogP contribution is -2.48. The standard InChI is InChI=1S/C25H31N3O3/c1-4-27-11-13-28(14-12-27)25(29)16-21(20-10-9-18(30-2)15-24(20)31-3)22-17-26-23-8-6-5-7-19(22)23/h5-10,15,17,21,26H,4,11-14,16H2,1-3H3/t21-/m0/s1. The molecule has 1 saturated heterocycles. The minimum Gasteiger partial charge on any atom is -0.497 e. The van der Waals surface area contributed by atoms with Crippen LogP contribution in [-0.2, 0) is 4.79 Å². The van der Waals surface area contributed by atoms with Crippen molar-refractivity contribution in [1.29, 1.82) is 0 Å². The number of aromatic nitrogens is 1. The third-order valence-corrected chi connectivity index (χ3v) is 6.36. The average Bonchev–Trinajstić information content (AvgIpc) is 3.26. The van der Waals surface area contributed by atoms with Gasteiger partial charge in [-0.15, -0.1) is 0 Å². The van der Waals surface area contributed by atoms with Gasteiger partial charge in [0.15, 0.2) is 0 Å². The van der Waals surface area contributed by atoms with Crippen LogP contribution >= 0.6 is 0 Å². The van der Waals surface area contributed by atoms with Crippen LogP contribution in [0, 0.1) is 0 Å². The van der Waals surface area contributed by atoms with Crippen molar-refractivity contribution in [3.63, 3.8) is 0 Å². The van der Waals surface area contributed by atoms with E-state index in [0.29, 0.717) is 6.42 Å². The SMILES string of the molecule is CCN1CCN(C(=O)C[C@@H](c2ccc(OC)cc2OC)c2c[nH]c3ccccc23)CC1. The van der Waals surface area contributed by atoms with Gasteiger partial charge in [-0.05, 0) is 24.2 Å². The molecule has 0 aliphatic carbocycles. The molecule has 4 rings (SSSR count). The fourth-order valence-electron chi connectivity index (χ4n) is 4.49. The van der Waals surface area contributed by atoms with Gasteiger partial charge in [0.25, 0.3) is 0 Å². The molecule has 3 aromatic rings. The lowest BCUT2D eigenvalue weighted by atomic mass is 9.87. The first-order valence-corrected chi connectivity index (χ1v) is 10.9. The Balaban J connectivity index is 1.69. The van der Waals surface area contributed by atoms with Gasteiger partial charge < -0.3 is 24.3 Å². The minimum absolute atomic E-state index is 0.117. The predicted octanol–water partition coefficient (Wildman–Crippen LogP) is 3.87. The molecule has 1 aromatic heterocycles. The topological polar surface area (TPSA) is 57.8 Å². The number of fused-ring (bicyclic) bond motifs is 1. The van der Waals surface area contributed by atoms with Crippen LogP contribution < -0.4 is 9.47 Å². The molecule has 2 heterocycles. The molecule has 1 fully saturated rings. The molecule has 1 N–H and O–H groups in total. The zero-order valence-corrected chi connectivity index (χ0v) is 18.6. The van der Waals surface area contributed by atoms with Crippen LogP contribution in [0.1, 0.15) is 30.4 Å². The summed E-state index contributed by atoms with van der Waals surface area (Å²) in [6, 6.07) is 14.1. The monoisotopic (exact) mass is 421 g/mol. The van der Waals surface area contributed by atoms with Gasteiger partial charge in [0.05, 0.1) is 14.2 Å². The summed E-state index contributed by atoms with van der Waals surface area (Å²) in [6.07, 6.45) is 2.43. The van der Waals surface area contributed by atoms with E-state index in [4.69, 9.17) is 9.47 Å². The highest BCUT2D eigenvalue weighted by molar-refractivity contribution is 5.86. The van der Waals surface area contributed by atoms with Crippen molar-refractivity contribution in [1.82, 2.24) is 14.8 Å². The van der Waals surface area contributed by atoms with Gasteiger partial charge in [-0.25, -0.2) is 0 Å². The van der Waals surface area contributed by atoms with E-state index in [9.17, 15) is 4.79 Å². The summed E-state index contributed by atoms with van der Waals surface area (Å²) in [5, 5.41) is 1.13. The molecule has 31 heavy (non-hydrogen) atoms. The number of rotatable bonds is 7. The number of hydrogen-bond acceptors (Lipinski definition) is 4. The molecule has 6 nitrogen and oxygen atoms in total. The number of methoxy groups -OCH3 is 2. The highest BCUT2D eigenvalue weighted by Gasteiger charge is 2.28. The average molecular weight is 422 g/mol. The Hall–Kier alpha value is -2.99. The van der Waals surface area contributed by atoms with Gasteiger partial charge in [-0.3, -0.25) is 4.79 Å². The molecule has 6 heteroatoms. The molecule has 0 bridgehead atoms. The predicted molar refractivity (Wildman–Crippen MR) is 123 cm³/mol. The maximum atomic E-state index is 13.4. The summed E-state index contributed by atoms with van der Waals surface area (Å²) < 4.78 is 11.1. The largest absolute Gasteiger partial charge is 0.497 e. The number of H-pyrrole nitrogens is 1. The number of amides is 1. The first-order valence-electron chi connectivity index (χ1n) is 10.9. The lowest BCUT2D eigenvalue weighted by molar-refractivity contribution is -0.133. The van der Waals surface area contributed by atoms with E-state index in [2.05, 4.69) is 28.9 Å². The Bertz CT molecular complexity index is 1040. The van der Waals surface area contributed by atoms with E-state index in [-0.39, 0.29) is 11.8 Å². The van der Waals surface area contributed by atoms with Gasteiger partial charge in [-0.2, -0.15) is 0 Å². The normalized spacial score (nSPS) is 15.8. The lowest BCUT2D eigenvalue weighted by Gasteiger charge is -2.35. The number of ether oxygens (including phenoxy) is 2. The van der Waals surface area contributed by atoms with E-state index < -0.39 is 0 Å². The molecular weight excluding hydrogens is 390 g/mol. The Kier molecular flexibility index (Phi) is 6.47. The maximum absolute atomic E-state index is 13.4. The molecule has 1 amide bonds. The fraction of sp³-hybridized carbons (Fsp3) is 0.400. The Labute approximate surface area is 183 Å². The molecule has 0 saturated carbocycles. The van der Waals surface area contributed by atoms with E-state index in [1.54, 1.807) is 14.2 Å². The number of piperazine rings is 1. The number of nitrogens with zero attached hydrogens (tertiary/aromatic N) is 2. The molecule has 1 aliphatic rings. The van der Waals surface area contributed by atoms with Crippen molar-refractivity contribution in [2.24, 2.45) is 0 Å². The zero-order chi connectivity index (χ0) is 21.8. The van der Waals surface area contributed by atoms with Gasteiger partial charge in [-0.1, -0.05) is 31.2 Å². The number of hydrogen-bond donors (Lipinski definition) is 1. The van der Waals surface area contributed by atoms with Crippen molar-refractivity contribution < 1.29 is 14.3 Å². The van der Waals surface area contributed by atoms with E-state index in [1.165, 1.54) is 0 Å². The Morgan fingerprint density at radius 2 is 1.81 bits per heavy atom. The number of carbonyl (C=O) groups excluding carboxylic acids is 1. The van der Waals surface area contributed by atoms with Crippen LogP contribution in [0.2, 0.25) is 0 Å². The van der Waals surface area contributed by atoms with Crippen molar-refractivity contribution >= 4 is 16.8 Å². The first kappa shape index (κ1) is 21.2. The second kappa shape index (κ2) is 9.43. The molecule has 1 aliphatic heterocycles. The van der Waals surface area contributed by atoms with E-state index in [1.807, 2.05) is 41.4 Å². The van der Waals surface area contributed by atoms with Crippen molar-refractivity contribution in [3.8, 4) is 11.5 Å². The van der Waals surface area contributed by atoms with Crippen LogP contribution in [0.5, 0.6) is 11.5 Å². The fourth-order valence-corrected chi connectivity index (χ4v) is 4.49. The van der Waals surface area contributed by atoms with Crippen molar-refractivity contribution in [2.45, 2.75) is 19.3 Å². The van der Waals surface area contributed by atoms with Crippen molar-refractivity contribution in [3.05, 3.63) is 59.8 Å². The van der Waals surface area contributed by atoms with Crippen LogP contribution in [0.15, 0.2) is 48.7 Å². The van der Waals surface area contributed by atoms with E-state index in [0.717, 1.165) is 66.3 Å². The molecule has 0 spiro atoms. The second-order valence-electron chi connectivity index (χ2n) is 7.97. The molecule has 164 valence electrons. The smallest absolute Gasteiger partial charge is 0.223 e. The highest BCUT2D eigenvalue weighted by Crippen LogP contribution is 2.39. The third kappa shape index (κ3) is 4.39. The number of carbonyl (C=O) groups is 1. The Morgan fingerprint density at radius 3 is 2.52 bits per heavy atom. The number of likely N-dealkylation sites (N-methyl/N-ethyl adjacent to an activating group) is 1. The highest BCUT2D eigenvalue weighted by atomic mass is 16.5. The molecule has 1 atom stereocenters. The molecular formula is C25H31N3O3. The van der Waals surface area contributed by atoms with Gasteiger partial charge in [0.1, 0.15) is 11.5 Å². The third-order valence-electron chi connectivity index (χ3n) is 6.36. The summed E-state index contributed by atoms with van der Waals surface area (Å²) in [5.74, 6) is 1.54. The van der Waals surface area contributed by atoms with Gasteiger partial charge in [0.2, 0.25) is 5.91 Å². The van der Waals surface area contributed by atoms with Gasteiger partial charge >= 0.3 is 0 Å². The van der Waals surface area contributed by atoms with Gasteiger partial charge in [0, 0.05) is 67.2 Å². The number of aromatic amines is 1. The van der Waals surface area contributed by atoms with Crippen LogP contribution in [0.25, 0.3) is 10.9 Å². The quantitative estimate of drug-likeness (QED) is 0.629. The first-order chi connectivity index (χ1) is 15.1. The second-order valence-corrected chi connectivity index (χ2v) is 7.97. The molecule has 2 aromatic carbocycles. The maximum Gasteiger partial charge on any atom is 0.223 e. The Morgan fingerprint density at radius 1 is 1.03 bits per heavy atom. The summed E-state index contributed by atoms with van der Waals surface area (Å²) >= 11 is 0. The number of para-hydroxylation sites is 1. The summed E-state index contributed by atoms with van der Waals surface area (Å²) in [5.41, 5.74) is 3.17. The molecule has 0 unspecified atom stereocenters. The zero-order valence-electron chi connectivity index (χ0n) is 18.6. The number of nitrogens with one attached hydrogen (secondary N) is 1. The van der Waals surface area contributed by atoms with E-state index >= 15 is 0 Å². The summed E-state index contributed by atoms with van der Waals surface area (Å²) in [7, 11) is 3.31. The van der Waals surface area contributed by atoms with Crippen LogP contribution in [0.3, 0.4) is 0 Å². The van der Waals surface area contributed by atoms with Crippen molar-refractivity contribution in [2.75, 3.05) is 46.9 Å². The summed E-state index contributed by atoms with van der Waals surface area (Å²) in [4.78, 5) is 21.1. The molecule has 0 radical (unpaired) electrons. The van der Waals surface area contributed by atoms with Crippen LogP contribution in [-0.4, -0.2) is 67.6 Å². The van der Waals surface area contributed by atoms with Crippen LogP contribution in [0.4, 0.5) is 0 Å². The minimum atomic E-state index is -0.117.